The molecule has 0 atom stereocenters. The van der Waals surface area contributed by atoms with Crippen molar-refractivity contribution >= 4 is 19.8 Å². The topological polar surface area (TPSA) is 9.23 Å². The minimum Gasteiger partial charge on any atom is -0.468 e. The molecule has 27 heavy (non-hydrogen) atoms. The summed E-state index contributed by atoms with van der Waals surface area (Å²) in [5, 5.41) is 0. The molecule has 2 saturated carbocycles. The quantitative estimate of drug-likeness (QED) is 0.215. The summed E-state index contributed by atoms with van der Waals surface area (Å²) in [5.41, 5.74) is 0. The number of hydrogen-bond acceptors (Lipinski definition) is 1. The van der Waals surface area contributed by atoms with Crippen LogP contribution in [0.4, 0.5) is 0 Å². The fourth-order valence-corrected chi connectivity index (χ4v) is 12.0. The Morgan fingerprint density at radius 3 is 1.52 bits per heavy atom. The summed E-state index contributed by atoms with van der Waals surface area (Å²) < 4.78 is 9.89. The molecule has 0 heterocycles. The molecule has 0 N–H and O–H groups in total. The zero-order chi connectivity index (χ0) is 19.3. The summed E-state index contributed by atoms with van der Waals surface area (Å²) in [6.45, 7) is 7.67. The second-order valence-electron chi connectivity index (χ2n) is 6.65. The van der Waals surface area contributed by atoms with Crippen LogP contribution >= 0.6 is 0 Å². The maximum atomic E-state index is 4.85. The molecule has 2 aliphatic carbocycles. The number of unbranched alkanes of at least 4 members (excludes halogenated alkanes) is 3. The van der Waals surface area contributed by atoms with Gasteiger partial charge in [-0.3, -0.25) is 0 Å². The zero-order valence-corrected chi connectivity index (χ0v) is 21.9. The smallest absolute Gasteiger partial charge is 0.468 e. The Hall–Kier alpha value is 1.28. The van der Waals surface area contributed by atoms with Crippen molar-refractivity contribution in [3.05, 3.63) is 63.7 Å². The van der Waals surface area contributed by atoms with Gasteiger partial charge in [0.05, 0.1) is 0 Å². The van der Waals surface area contributed by atoms with Crippen LogP contribution in [0, 0.1) is 63.7 Å². The molecule has 152 valence electrons. The molecule has 0 bridgehead atoms. The molecule has 2 fully saturated rings. The third-order valence-electron chi connectivity index (χ3n) is 4.17. The van der Waals surface area contributed by atoms with Crippen LogP contribution in [0.5, 0.6) is 0 Å². The average molecular weight is 519 g/mol. The molecular weight excluding hydrogens is 479 g/mol. The molecular formula is C24H40FeOSn+2. The third-order valence-corrected chi connectivity index (χ3v) is 13.3. The SMILES string of the molecule is CCC[CH2][Sn+]([CH2]CCC)[CH2]CCC.COC[C]1[C-][CH][CH][CH]1.[CH]1[CH][CH][CH][CH]1.[Fe+2]. The second-order valence-corrected chi connectivity index (χ2v) is 15.2. The molecule has 0 saturated heterocycles. The largest absolute Gasteiger partial charge is 2.00 e. The minimum absolute atomic E-state index is 0. The maximum Gasteiger partial charge on any atom is 2.00 e. The zero-order valence-electron chi connectivity index (χ0n) is 18.0. The Morgan fingerprint density at radius 1 is 0.778 bits per heavy atom. The van der Waals surface area contributed by atoms with Crippen LogP contribution < -0.4 is 0 Å². The van der Waals surface area contributed by atoms with E-state index in [-0.39, 0.29) is 17.1 Å². The summed E-state index contributed by atoms with van der Waals surface area (Å²) >= 11 is -0.839. The Morgan fingerprint density at radius 2 is 1.22 bits per heavy atom. The van der Waals surface area contributed by atoms with E-state index in [9.17, 15) is 0 Å². The van der Waals surface area contributed by atoms with Gasteiger partial charge in [-0.1, -0.05) is 12.8 Å². The molecule has 0 unspecified atom stereocenters. The Kier molecular flexibility index (Phi) is 28.6. The van der Waals surface area contributed by atoms with Crippen molar-refractivity contribution in [2.24, 2.45) is 0 Å². The molecule has 0 aromatic carbocycles. The number of rotatable bonds is 11. The first kappa shape index (κ1) is 30.5. The van der Waals surface area contributed by atoms with Crippen molar-refractivity contribution in [2.45, 2.75) is 72.6 Å². The summed E-state index contributed by atoms with van der Waals surface area (Å²) in [6.07, 6.45) is 27.7. The van der Waals surface area contributed by atoms with Gasteiger partial charge in [-0.05, 0) is 32.1 Å². The van der Waals surface area contributed by atoms with Crippen molar-refractivity contribution in [1.29, 1.82) is 0 Å². The number of methoxy groups -OCH3 is 1. The molecule has 0 amide bonds. The van der Waals surface area contributed by atoms with Gasteiger partial charge in [-0.2, -0.15) is 5.92 Å². The maximum absolute atomic E-state index is 4.85. The Labute approximate surface area is 190 Å². The van der Waals surface area contributed by atoms with E-state index < -0.39 is 19.8 Å². The fraction of sp³-hybridized carbons (Fsp3) is 0.583. The average Bonchev–Trinajstić information content (AvgIpc) is 3.38. The molecule has 0 spiro atoms. The van der Waals surface area contributed by atoms with Crippen LogP contribution in [-0.2, 0) is 21.8 Å². The van der Waals surface area contributed by atoms with E-state index >= 15 is 0 Å². The first-order valence-electron chi connectivity index (χ1n) is 10.4. The van der Waals surface area contributed by atoms with Gasteiger partial charge < -0.3 is 11.2 Å². The van der Waals surface area contributed by atoms with Crippen molar-refractivity contribution in [3.63, 3.8) is 0 Å². The van der Waals surface area contributed by atoms with Gasteiger partial charge >= 0.3 is 109 Å². The van der Waals surface area contributed by atoms with Gasteiger partial charge in [-0.25, -0.2) is 6.42 Å². The third kappa shape index (κ3) is 21.8. The summed E-state index contributed by atoms with van der Waals surface area (Å²) in [5.74, 6) is 1.12. The van der Waals surface area contributed by atoms with E-state index in [2.05, 4.69) is 27.2 Å². The summed E-state index contributed by atoms with van der Waals surface area (Å²) in [6, 6.07) is 0. The van der Waals surface area contributed by atoms with Gasteiger partial charge in [0.15, 0.2) is 0 Å². The molecule has 2 aliphatic rings. The van der Waals surface area contributed by atoms with Gasteiger partial charge in [0, 0.05) is 13.7 Å². The molecule has 0 aromatic heterocycles. The van der Waals surface area contributed by atoms with Crippen LogP contribution in [0.3, 0.4) is 0 Å². The van der Waals surface area contributed by atoms with Crippen molar-refractivity contribution in [1.82, 2.24) is 0 Å². The van der Waals surface area contributed by atoms with Crippen LogP contribution in [0.1, 0.15) is 59.3 Å². The second kappa shape index (κ2) is 25.3. The number of hydrogen-bond donors (Lipinski definition) is 0. The molecule has 10 radical (unpaired) electrons. The fourth-order valence-electron chi connectivity index (χ4n) is 2.59. The predicted molar refractivity (Wildman–Crippen MR) is 118 cm³/mol. The van der Waals surface area contributed by atoms with Crippen LogP contribution in [-0.4, -0.2) is 33.5 Å². The van der Waals surface area contributed by atoms with Crippen LogP contribution in [0.2, 0.25) is 13.3 Å². The van der Waals surface area contributed by atoms with E-state index in [0.29, 0.717) is 6.61 Å². The Bertz CT molecular complexity index is 226. The minimum atomic E-state index is -0.839. The van der Waals surface area contributed by atoms with E-state index in [4.69, 9.17) is 4.74 Å². The Balaban J connectivity index is 0. The number of ether oxygens (including phenoxy) is 1. The normalized spacial score (nSPS) is 16.0. The molecule has 3 heteroatoms. The van der Waals surface area contributed by atoms with Gasteiger partial charge in [-0.15, -0.1) is 0 Å². The first-order chi connectivity index (χ1) is 12.8. The van der Waals surface area contributed by atoms with Crippen LogP contribution in [0.25, 0.3) is 0 Å². The van der Waals surface area contributed by atoms with Crippen molar-refractivity contribution < 1.29 is 21.8 Å². The summed E-state index contributed by atoms with van der Waals surface area (Å²) in [4.78, 5) is 0. The molecule has 1 nitrogen and oxygen atoms in total. The van der Waals surface area contributed by atoms with Crippen LogP contribution in [0.15, 0.2) is 0 Å². The molecule has 2 rings (SSSR count). The molecule has 0 aliphatic heterocycles. The summed E-state index contributed by atoms with van der Waals surface area (Å²) in [7, 11) is 1.68. The van der Waals surface area contributed by atoms with Gasteiger partial charge in [0.2, 0.25) is 0 Å². The predicted octanol–water partition coefficient (Wildman–Crippen LogP) is 6.82. The van der Waals surface area contributed by atoms with Crippen molar-refractivity contribution in [3.8, 4) is 0 Å². The van der Waals surface area contributed by atoms with Gasteiger partial charge in [0.25, 0.3) is 0 Å². The van der Waals surface area contributed by atoms with E-state index in [1.54, 1.807) is 20.4 Å². The molecule has 0 aromatic rings. The van der Waals surface area contributed by atoms with E-state index in [1.165, 1.54) is 38.5 Å². The van der Waals surface area contributed by atoms with E-state index in [1.807, 2.05) is 51.4 Å². The standard InChI is InChI=1S/C7H8O.C5H5.3C4H9.Fe.Sn/c1-8-6-7-4-2-3-5-7;1-2-4-5-3-1;3*1-3-4-2;;/h2-4H,6H2,1H3;1-5H;3*1,3-4H2,2H3;;/q-1;;;;;+2;+1. The van der Waals surface area contributed by atoms with Gasteiger partial charge in [0.1, 0.15) is 0 Å². The van der Waals surface area contributed by atoms with Crippen molar-refractivity contribution in [2.75, 3.05) is 13.7 Å². The van der Waals surface area contributed by atoms with E-state index in [0.717, 1.165) is 5.92 Å². The monoisotopic (exact) mass is 520 g/mol. The first-order valence-corrected chi connectivity index (χ1v) is 16.4.